The number of hydrogen-bond acceptors (Lipinski definition) is 5. The molecule has 0 amide bonds. The van der Waals surface area contributed by atoms with Gasteiger partial charge in [-0.3, -0.25) is 0 Å². The molecule has 1 saturated heterocycles. The molecule has 0 aromatic carbocycles. The normalized spacial score (nSPS) is 30.1. The van der Waals surface area contributed by atoms with Crippen LogP contribution in [0.15, 0.2) is 6.07 Å². The molecule has 1 aromatic rings. The van der Waals surface area contributed by atoms with E-state index in [0.29, 0.717) is 11.7 Å². The van der Waals surface area contributed by atoms with Gasteiger partial charge in [0.1, 0.15) is 17.5 Å². The molecule has 0 spiro atoms. The molecule has 2 heterocycles. The molecule has 3 rings (SSSR count). The van der Waals surface area contributed by atoms with Crippen molar-refractivity contribution in [3.63, 3.8) is 0 Å². The highest BCUT2D eigenvalue weighted by molar-refractivity contribution is 5.47. The number of aromatic nitrogens is 2. The van der Waals surface area contributed by atoms with E-state index in [1.165, 1.54) is 6.42 Å². The molecule has 1 saturated carbocycles. The summed E-state index contributed by atoms with van der Waals surface area (Å²) in [5.74, 6) is 2.62. The predicted molar refractivity (Wildman–Crippen MR) is 79.6 cm³/mol. The Morgan fingerprint density at radius 2 is 2.25 bits per heavy atom. The van der Waals surface area contributed by atoms with Crippen molar-refractivity contribution in [2.45, 2.75) is 51.0 Å². The second kappa shape index (κ2) is 5.20. The zero-order valence-electron chi connectivity index (χ0n) is 12.2. The van der Waals surface area contributed by atoms with Gasteiger partial charge in [-0.05, 0) is 19.3 Å². The summed E-state index contributed by atoms with van der Waals surface area (Å²) >= 11 is 0. The summed E-state index contributed by atoms with van der Waals surface area (Å²) in [7, 11) is 0. The van der Waals surface area contributed by atoms with E-state index in [1.54, 1.807) is 0 Å². The van der Waals surface area contributed by atoms with Gasteiger partial charge in [-0.2, -0.15) is 0 Å². The van der Waals surface area contributed by atoms with E-state index in [1.807, 2.05) is 13.0 Å². The van der Waals surface area contributed by atoms with Crippen LogP contribution in [0.4, 0.5) is 11.6 Å². The van der Waals surface area contributed by atoms with Crippen molar-refractivity contribution in [3.05, 3.63) is 11.9 Å². The molecule has 2 aliphatic rings. The zero-order valence-corrected chi connectivity index (χ0v) is 12.2. The molecule has 1 aliphatic carbocycles. The summed E-state index contributed by atoms with van der Waals surface area (Å²) in [4.78, 5) is 11.1. The molecule has 1 aromatic heterocycles. The number of nitrogen functional groups attached to an aromatic ring is 1. The zero-order chi connectivity index (χ0) is 14.2. The van der Waals surface area contributed by atoms with E-state index in [2.05, 4.69) is 14.9 Å². The van der Waals surface area contributed by atoms with E-state index in [9.17, 15) is 5.11 Å². The highest BCUT2D eigenvalue weighted by Crippen LogP contribution is 2.40. The van der Waals surface area contributed by atoms with Crippen molar-refractivity contribution in [1.82, 2.24) is 9.97 Å². The maximum atomic E-state index is 10.7. The first-order chi connectivity index (χ1) is 9.60. The Kier molecular flexibility index (Phi) is 3.54. The molecule has 0 bridgehead atoms. The van der Waals surface area contributed by atoms with Crippen LogP contribution in [0.25, 0.3) is 0 Å². The first kappa shape index (κ1) is 13.6. The molecule has 3 N–H and O–H groups in total. The highest BCUT2D eigenvalue weighted by atomic mass is 16.3. The van der Waals surface area contributed by atoms with Gasteiger partial charge < -0.3 is 15.7 Å². The van der Waals surface area contributed by atoms with Gasteiger partial charge in [0.25, 0.3) is 0 Å². The fourth-order valence-electron chi connectivity index (χ4n) is 3.60. The minimum atomic E-state index is -0.444. The van der Waals surface area contributed by atoms with Crippen LogP contribution in [-0.2, 0) is 6.42 Å². The lowest BCUT2D eigenvalue weighted by Crippen LogP contribution is -2.53. The fourth-order valence-corrected chi connectivity index (χ4v) is 3.60. The topological polar surface area (TPSA) is 75.3 Å². The molecular weight excluding hydrogens is 252 g/mol. The lowest BCUT2D eigenvalue weighted by molar-refractivity contribution is -0.0613. The number of piperidine rings is 1. The van der Waals surface area contributed by atoms with Gasteiger partial charge in [-0.15, -0.1) is 0 Å². The second-order valence-corrected chi connectivity index (χ2v) is 6.16. The molecule has 1 aliphatic heterocycles. The molecule has 2 fully saturated rings. The summed E-state index contributed by atoms with van der Waals surface area (Å²) in [5, 5.41) is 10.7. The van der Waals surface area contributed by atoms with Crippen LogP contribution in [0.2, 0.25) is 0 Å². The maximum absolute atomic E-state index is 10.7. The van der Waals surface area contributed by atoms with Crippen LogP contribution in [0.1, 0.15) is 44.9 Å². The quantitative estimate of drug-likeness (QED) is 0.860. The Morgan fingerprint density at radius 1 is 1.40 bits per heavy atom. The number of fused-ring (bicyclic) bond motifs is 1. The molecule has 5 nitrogen and oxygen atoms in total. The summed E-state index contributed by atoms with van der Waals surface area (Å²) in [6.45, 7) is 3.78. The van der Waals surface area contributed by atoms with Crippen molar-refractivity contribution in [2.75, 3.05) is 23.7 Å². The maximum Gasteiger partial charge on any atom is 0.134 e. The van der Waals surface area contributed by atoms with Crippen LogP contribution in [0, 0.1) is 5.92 Å². The molecule has 20 heavy (non-hydrogen) atoms. The van der Waals surface area contributed by atoms with E-state index >= 15 is 0 Å². The van der Waals surface area contributed by atoms with Crippen LogP contribution < -0.4 is 10.6 Å². The van der Waals surface area contributed by atoms with Crippen molar-refractivity contribution < 1.29 is 5.11 Å². The first-order valence-corrected chi connectivity index (χ1v) is 7.71. The Bertz CT molecular complexity index is 493. The van der Waals surface area contributed by atoms with Crippen LogP contribution in [0.5, 0.6) is 0 Å². The van der Waals surface area contributed by atoms with Gasteiger partial charge in [0, 0.05) is 31.5 Å². The summed E-state index contributed by atoms with van der Waals surface area (Å²) in [6.07, 6.45) is 6.09. The number of rotatable bonds is 2. The standard InChI is InChI=1S/C15H24N4O/c1-2-13-17-12(16)9-14(18-13)19-8-7-15(20)6-4-3-5-11(15)10-19/h9,11,20H,2-8,10H2,1H3,(H2,16,17,18). The smallest absolute Gasteiger partial charge is 0.134 e. The second-order valence-electron chi connectivity index (χ2n) is 6.16. The van der Waals surface area contributed by atoms with Crippen LogP contribution in [0.3, 0.4) is 0 Å². The minimum Gasteiger partial charge on any atom is -0.389 e. The van der Waals surface area contributed by atoms with Crippen molar-refractivity contribution >= 4 is 11.6 Å². The van der Waals surface area contributed by atoms with Crippen molar-refractivity contribution in [3.8, 4) is 0 Å². The number of hydrogen-bond donors (Lipinski definition) is 2. The Balaban J connectivity index is 1.80. The van der Waals surface area contributed by atoms with Crippen LogP contribution >= 0.6 is 0 Å². The number of aryl methyl sites for hydroxylation is 1. The van der Waals surface area contributed by atoms with Gasteiger partial charge in [-0.1, -0.05) is 19.8 Å². The van der Waals surface area contributed by atoms with Crippen molar-refractivity contribution in [2.24, 2.45) is 5.92 Å². The first-order valence-electron chi connectivity index (χ1n) is 7.71. The number of nitrogens with zero attached hydrogens (tertiary/aromatic N) is 3. The monoisotopic (exact) mass is 276 g/mol. The third-order valence-corrected chi connectivity index (χ3v) is 4.85. The highest BCUT2D eigenvalue weighted by Gasteiger charge is 2.43. The van der Waals surface area contributed by atoms with Gasteiger partial charge in [0.2, 0.25) is 0 Å². The predicted octanol–water partition coefficient (Wildman–Crippen LogP) is 1.75. The van der Waals surface area contributed by atoms with E-state index < -0.39 is 5.60 Å². The van der Waals surface area contributed by atoms with E-state index in [0.717, 1.165) is 56.8 Å². The van der Waals surface area contributed by atoms with E-state index in [4.69, 9.17) is 5.73 Å². The third-order valence-electron chi connectivity index (χ3n) is 4.85. The summed E-state index contributed by atoms with van der Waals surface area (Å²) in [6, 6.07) is 1.85. The van der Waals surface area contributed by atoms with Gasteiger partial charge in [0.15, 0.2) is 0 Å². The minimum absolute atomic E-state index is 0.367. The van der Waals surface area contributed by atoms with Crippen LogP contribution in [-0.4, -0.2) is 33.8 Å². The Labute approximate surface area is 120 Å². The molecular formula is C15H24N4O. The fraction of sp³-hybridized carbons (Fsp3) is 0.733. The molecule has 5 heteroatoms. The van der Waals surface area contributed by atoms with Gasteiger partial charge >= 0.3 is 0 Å². The Morgan fingerprint density at radius 3 is 3.05 bits per heavy atom. The average molecular weight is 276 g/mol. The molecule has 110 valence electrons. The largest absolute Gasteiger partial charge is 0.389 e. The number of aliphatic hydroxyl groups is 1. The average Bonchev–Trinajstić information content (AvgIpc) is 2.45. The third kappa shape index (κ3) is 2.46. The molecule has 0 radical (unpaired) electrons. The van der Waals surface area contributed by atoms with Gasteiger partial charge in [-0.25, -0.2) is 9.97 Å². The number of anilines is 2. The lowest BCUT2D eigenvalue weighted by Gasteiger charge is -2.47. The van der Waals surface area contributed by atoms with Gasteiger partial charge in [0.05, 0.1) is 5.60 Å². The summed E-state index contributed by atoms with van der Waals surface area (Å²) < 4.78 is 0. The van der Waals surface area contributed by atoms with E-state index in [-0.39, 0.29) is 0 Å². The summed E-state index contributed by atoms with van der Waals surface area (Å²) in [5.41, 5.74) is 5.43. The molecule has 2 unspecified atom stereocenters. The molecule has 2 atom stereocenters. The van der Waals surface area contributed by atoms with Crippen molar-refractivity contribution in [1.29, 1.82) is 0 Å². The lowest BCUT2D eigenvalue weighted by atomic mass is 9.71. The number of nitrogens with two attached hydrogens (primary N) is 1. The Hall–Kier alpha value is -1.36. The SMILES string of the molecule is CCc1nc(N)cc(N2CCC3(O)CCCCC3C2)n1.